The fraction of sp³-hybridized carbons (Fsp3) is 0.333. The molecule has 0 aromatic heterocycles. The van der Waals surface area contributed by atoms with E-state index in [1.165, 1.54) is 18.9 Å². The molecule has 2 heterocycles. The molecule has 31 heavy (non-hydrogen) atoms. The first kappa shape index (κ1) is 22.0. The van der Waals surface area contributed by atoms with E-state index in [1.807, 2.05) is 23.1 Å². The summed E-state index contributed by atoms with van der Waals surface area (Å²) in [5.41, 5.74) is 1.41. The molecule has 2 aliphatic rings. The highest BCUT2D eigenvalue weighted by Crippen LogP contribution is 2.42. The molecule has 2 fully saturated rings. The van der Waals surface area contributed by atoms with Crippen molar-refractivity contribution in [3.8, 4) is 11.5 Å². The van der Waals surface area contributed by atoms with Gasteiger partial charge < -0.3 is 14.4 Å². The summed E-state index contributed by atoms with van der Waals surface area (Å²) in [7, 11) is -0.0777. The average Bonchev–Trinajstić information content (AvgIpc) is 3.18. The third-order valence-electron chi connectivity index (χ3n) is 5.23. The highest BCUT2D eigenvalue weighted by Gasteiger charge is 2.49. The Bertz CT molecular complexity index is 1150. The fourth-order valence-corrected chi connectivity index (χ4v) is 8.01. The van der Waals surface area contributed by atoms with Gasteiger partial charge in [-0.25, -0.2) is 8.42 Å². The van der Waals surface area contributed by atoms with Crippen molar-refractivity contribution in [2.45, 2.75) is 17.7 Å². The summed E-state index contributed by atoms with van der Waals surface area (Å²) in [6.45, 7) is 0. The second kappa shape index (κ2) is 8.72. The van der Waals surface area contributed by atoms with Crippen LogP contribution in [0.5, 0.6) is 11.5 Å². The van der Waals surface area contributed by atoms with Crippen LogP contribution >= 0.6 is 23.4 Å². The van der Waals surface area contributed by atoms with E-state index in [4.69, 9.17) is 21.1 Å². The van der Waals surface area contributed by atoms with Gasteiger partial charge in [-0.15, -0.1) is 0 Å². The van der Waals surface area contributed by atoms with Gasteiger partial charge in [-0.3, -0.25) is 4.79 Å². The first-order valence-corrected chi connectivity index (χ1v) is 12.6. The van der Waals surface area contributed by atoms with Crippen LogP contribution in [0.25, 0.3) is 0 Å². The van der Waals surface area contributed by atoms with Crippen molar-refractivity contribution in [3.63, 3.8) is 0 Å². The Hall–Kier alpha value is -2.23. The predicted molar refractivity (Wildman–Crippen MR) is 123 cm³/mol. The van der Waals surface area contributed by atoms with E-state index in [0.29, 0.717) is 27.4 Å². The molecule has 2 aliphatic heterocycles. The number of fused-ring (bicyclic) bond motifs is 1. The molecule has 0 unspecified atom stereocenters. The molecule has 10 heteroatoms. The number of ether oxygens (including phenoxy) is 2. The number of thioether (sulfide) groups is 1. The summed E-state index contributed by atoms with van der Waals surface area (Å²) in [6.07, 6.45) is 0.0823. The Morgan fingerprint density at radius 2 is 1.90 bits per heavy atom. The second-order valence-electron chi connectivity index (χ2n) is 7.27. The maximum atomic E-state index is 12.8. The summed E-state index contributed by atoms with van der Waals surface area (Å²) >= 11 is 7.63. The molecule has 164 valence electrons. The third kappa shape index (κ3) is 4.53. The SMILES string of the molecule is COc1ccc(N2C(=NC(=O)Cc3ccccc3OC)S[C@H]3CS(=O)(=O)C[C@@H]32)cc1Cl. The van der Waals surface area contributed by atoms with Crippen LogP contribution in [0.4, 0.5) is 5.69 Å². The number of hydrogen-bond acceptors (Lipinski definition) is 6. The molecule has 2 aromatic rings. The number of halogens is 1. The molecule has 0 aliphatic carbocycles. The topological polar surface area (TPSA) is 85.3 Å². The monoisotopic (exact) mass is 480 g/mol. The number of amides is 1. The lowest BCUT2D eigenvalue weighted by Gasteiger charge is -2.25. The van der Waals surface area contributed by atoms with Gasteiger partial charge in [0.15, 0.2) is 15.0 Å². The number of anilines is 1. The maximum absolute atomic E-state index is 12.8. The number of para-hydroxylation sites is 1. The number of benzene rings is 2. The highest BCUT2D eigenvalue weighted by molar-refractivity contribution is 8.16. The molecule has 0 saturated carbocycles. The van der Waals surface area contributed by atoms with Gasteiger partial charge in [0.2, 0.25) is 0 Å². The van der Waals surface area contributed by atoms with Crippen LogP contribution in [0.15, 0.2) is 47.5 Å². The lowest BCUT2D eigenvalue weighted by molar-refractivity contribution is -0.117. The summed E-state index contributed by atoms with van der Waals surface area (Å²) in [6, 6.07) is 12.2. The molecule has 0 bridgehead atoms. The van der Waals surface area contributed by atoms with Crippen LogP contribution in [-0.4, -0.2) is 56.5 Å². The van der Waals surface area contributed by atoms with E-state index in [2.05, 4.69) is 4.99 Å². The molecule has 0 radical (unpaired) electrons. The Morgan fingerprint density at radius 1 is 1.16 bits per heavy atom. The molecule has 0 N–H and O–H groups in total. The minimum absolute atomic E-state index is 0.00797. The molecule has 7 nitrogen and oxygen atoms in total. The van der Waals surface area contributed by atoms with E-state index in [1.54, 1.807) is 31.4 Å². The zero-order valence-corrected chi connectivity index (χ0v) is 19.3. The van der Waals surface area contributed by atoms with Gasteiger partial charge in [0.25, 0.3) is 5.91 Å². The lowest BCUT2D eigenvalue weighted by atomic mass is 10.1. The van der Waals surface area contributed by atoms with E-state index < -0.39 is 9.84 Å². The van der Waals surface area contributed by atoms with Crippen LogP contribution in [0, 0.1) is 0 Å². The third-order valence-corrected chi connectivity index (χ3v) is 8.74. The first-order valence-electron chi connectivity index (χ1n) is 9.54. The molecule has 1 amide bonds. The van der Waals surface area contributed by atoms with Crippen LogP contribution in [0.1, 0.15) is 5.56 Å². The number of methoxy groups -OCH3 is 2. The Kier molecular flexibility index (Phi) is 6.18. The van der Waals surface area contributed by atoms with Crippen LogP contribution in [-0.2, 0) is 21.1 Å². The quantitative estimate of drug-likeness (QED) is 0.649. The Morgan fingerprint density at radius 3 is 2.61 bits per heavy atom. The van der Waals surface area contributed by atoms with Crippen molar-refractivity contribution in [1.29, 1.82) is 0 Å². The minimum Gasteiger partial charge on any atom is -0.496 e. The number of carbonyl (C=O) groups excluding carboxylic acids is 1. The zero-order valence-electron chi connectivity index (χ0n) is 16.9. The first-order chi connectivity index (χ1) is 14.8. The van der Waals surface area contributed by atoms with Crippen LogP contribution < -0.4 is 14.4 Å². The number of amidine groups is 1. The van der Waals surface area contributed by atoms with E-state index in [0.717, 1.165) is 5.56 Å². The van der Waals surface area contributed by atoms with Gasteiger partial charge in [-0.2, -0.15) is 4.99 Å². The van der Waals surface area contributed by atoms with Gasteiger partial charge in [0, 0.05) is 16.5 Å². The number of carbonyl (C=O) groups is 1. The van der Waals surface area contributed by atoms with Crippen LogP contribution in [0.2, 0.25) is 5.02 Å². The van der Waals surface area contributed by atoms with Crippen molar-refractivity contribution in [2.24, 2.45) is 4.99 Å². The highest BCUT2D eigenvalue weighted by atomic mass is 35.5. The standard InChI is InChI=1S/C21H21ClN2O5S2/c1-28-17-6-4-3-5-13(17)9-20(25)23-21-24(14-7-8-18(29-2)15(22)10-14)16-11-31(26,27)12-19(16)30-21/h3-8,10,16,19H,9,11-12H2,1-2H3/t16-,19-/m0/s1. The Balaban J connectivity index is 1.67. The van der Waals surface area contributed by atoms with Crippen molar-refractivity contribution in [2.75, 3.05) is 30.6 Å². The molecule has 4 rings (SSSR count). The van der Waals surface area contributed by atoms with E-state index in [-0.39, 0.29) is 35.1 Å². The normalized spacial score (nSPS) is 23.1. The van der Waals surface area contributed by atoms with Gasteiger partial charge in [-0.1, -0.05) is 41.6 Å². The van der Waals surface area contributed by atoms with Crippen molar-refractivity contribution < 1.29 is 22.7 Å². The van der Waals surface area contributed by atoms with Crippen molar-refractivity contribution in [3.05, 3.63) is 53.1 Å². The van der Waals surface area contributed by atoms with Crippen LogP contribution in [0.3, 0.4) is 0 Å². The summed E-state index contributed by atoms with van der Waals surface area (Å²) in [5, 5.41) is 0.684. The largest absolute Gasteiger partial charge is 0.496 e. The number of nitrogens with zero attached hydrogens (tertiary/aromatic N) is 2. The number of rotatable bonds is 5. The van der Waals surface area contributed by atoms with Crippen molar-refractivity contribution >= 4 is 50.0 Å². The van der Waals surface area contributed by atoms with Gasteiger partial charge in [0.1, 0.15) is 11.5 Å². The van der Waals surface area contributed by atoms with Gasteiger partial charge >= 0.3 is 0 Å². The van der Waals surface area contributed by atoms with Crippen molar-refractivity contribution in [1.82, 2.24) is 0 Å². The molecule has 0 spiro atoms. The molecular weight excluding hydrogens is 460 g/mol. The Labute approximate surface area is 190 Å². The number of aliphatic imine (C=N–C) groups is 1. The number of sulfone groups is 1. The molecular formula is C21H21ClN2O5S2. The van der Waals surface area contributed by atoms with Gasteiger partial charge in [-0.05, 0) is 24.3 Å². The van der Waals surface area contributed by atoms with E-state index in [9.17, 15) is 13.2 Å². The van der Waals surface area contributed by atoms with Gasteiger partial charge in [0.05, 0.1) is 43.2 Å². The maximum Gasteiger partial charge on any atom is 0.252 e. The summed E-state index contributed by atoms with van der Waals surface area (Å²) in [4.78, 5) is 18.9. The molecule has 2 atom stereocenters. The smallest absolute Gasteiger partial charge is 0.252 e. The zero-order chi connectivity index (χ0) is 22.2. The minimum atomic E-state index is -3.16. The predicted octanol–water partition coefficient (Wildman–Crippen LogP) is 3.20. The second-order valence-corrected chi connectivity index (χ2v) is 11.0. The summed E-state index contributed by atoms with van der Waals surface area (Å²) in [5.74, 6) is 0.867. The van der Waals surface area contributed by atoms with E-state index >= 15 is 0 Å². The lowest BCUT2D eigenvalue weighted by Crippen LogP contribution is -2.37. The average molecular weight is 481 g/mol. The molecule has 2 aromatic carbocycles. The number of hydrogen-bond donors (Lipinski definition) is 0. The summed E-state index contributed by atoms with van der Waals surface area (Å²) < 4.78 is 35.0. The molecule has 2 saturated heterocycles. The fourth-order valence-electron chi connectivity index (χ4n) is 3.83.